The Morgan fingerprint density at radius 1 is 1.21 bits per heavy atom. The number of H-pyrrole nitrogens is 1. The fourth-order valence-corrected chi connectivity index (χ4v) is 3.86. The number of rotatable bonds is 3. The van der Waals surface area contributed by atoms with Crippen LogP contribution in [0.2, 0.25) is 0 Å². The van der Waals surface area contributed by atoms with Gasteiger partial charge >= 0.3 is 6.18 Å². The highest BCUT2D eigenvalue weighted by Crippen LogP contribution is 2.38. The number of alkyl halides is 3. The molecular weight excluding hydrogens is 385 g/mol. The van der Waals surface area contributed by atoms with Crippen LogP contribution in [-0.2, 0) is 6.18 Å². The predicted molar refractivity (Wildman–Crippen MR) is 101 cm³/mol. The average Bonchev–Trinajstić information content (AvgIpc) is 3.29. The number of amides is 1. The molecule has 3 aromatic rings. The summed E-state index contributed by atoms with van der Waals surface area (Å²) in [6.07, 6.45) is -1.13. The van der Waals surface area contributed by atoms with Gasteiger partial charge in [-0.2, -0.15) is 22.8 Å². The summed E-state index contributed by atoms with van der Waals surface area (Å²) in [5.41, 5.74) is -2.12. The first-order valence-electron chi connectivity index (χ1n) is 9.36. The van der Waals surface area contributed by atoms with E-state index in [0.29, 0.717) is 4.52 Å². The first-order chi connectivity index (χ1) is 13.8. The molecule has 2 N–H and O–H groups in total. The number of carbonyl (C=O) groups excluding carboxylic acids is 1. The molecule has 1 saturated carbocycles. The molecule has 4 rings (SSSR count). The van der Waals surface area contributed by atoms with Gasteiger partial charge in [-0.05, 0) is 25.3 Å². The number of nitrogens with one attached hydrogen (secondary N) is 2. The maximum Gasteiger partial charge on any atom is 0.435 e. The van der Waals surface area contributed by atoms with Crippen LogP contribution in [0.25, 0.3) is 16.8 Å². The van der Waals surface area contributed by atoms with E-state index in [1.807, 2.05) is 0 Å². The molecule has 1 amide bonds. The molecule has 0 spiro atoms. The van der Waals surface area contributed by atoms with Gasteiger partial charge in [0.2, 0.25) is 0 Å². The summed E-state index contributed by atoms with van der Waals surface area (Å²) >= 11 is 0. The van der Waals surface area contributed by atoms with Crippen LogP contribution in [0.5, 0.6) is 0 Å². The molecule has 0 aliphatic heterocycles. The zero-order valence-corrected chi connectivity index (χ0v) is 15.6. The van der Waals surface area contributed by atoms with Crippen LogP contribution in [0.4, 0.5) is 13.2 Å². The molecule has 1 aliphatic carbocycles. The van der Waals surface area contributed by atoms with Gasteiger partial charge in [0.05, 0.1) is 5.56 Å². The second-order valence-corrected chi connectivity index (χ2v) is 7.23. The van der Waals surface area contributed by atoms with Crippen molar-refractivity contribution >= 4 is 11.6 Å². The molecule has 0 atom stereocenters. The Balaban J connectivity index is 1.91. The minimum Gasteiger partial charge on any atom is -0.349 e. The van der Waals surface area contributed by atoms with Gasteiger partial charge in [-0.15, -0.1) is 0 Å². The Bertz CT molecular complexity index is 1130. The number of halogens is 3. The topological polar surface area (TPSA) is 79.3 Å². The number of hydrogen-bond acceptors (Lipinski definition) is 3. The lowest BCUT2D eigenvalue weighted by atomic mass is 10.1. The van der Waals surface area contributed by atoms with E-state index in [2.05, 4.69) is 15.4 Å². The maximum atomic E-state index is 13.7. The Morgan fingerprint density at radius 3 is 2.48 bits per heavy atom. The first-order valence-corrected chi connectivity index (χ1v) is 9.36. The van der Waals surface area contributed by atoms with Gasteiger partial charge in [-0.25, -0.2) is 0 Å². The van der Waals surface area contributed by atoms with E-state index >= 15 is 0 Å². The second-order valence-electron chi connectivity index (χ2n) is 7.23. The Morgan fingerprint density at radius 2 is 1.86 bits per heavy atom. The van der Waals surface area contributed by atoms with Crippen molar-refractivity contribution in [3.8, 4) is 11.1 Å². The summed E-state index contributed by atoms with van der Waals surface area (Å²) in [5.74, 6) is -0.595. The van der Waals surface area contributed by atoms with E-state index in [1.165, 1.54) is 19.1 Å². The predicted octanol–water partition coefficient (Wildman–Crippen LogP) is 3.69. The van der Waals surface area contributed by atoms with Crippen molar-refractivity contribution in [3.63, 3.8) is 0 Å². The highest BCUT2D eigenvalue weighted by molar-refractivity contribution is 5.95. The van der Waals surface area contributed by atoms with Gasteiger partial charge in [0, 0.05) is 11.7 Å². The number of aromatic nitrogens is 3. The van der Waals surface area contributed by atoms with Crippen LogP contribution >= 0.6 is 0 Å². The third-order valence-electron chi connectivity index (χ3n) is 5.22. The van der Waals surface area contributed by atoms with Gasteiger partial charge in [-0.3, -0.25) is 9.59 Å². The van der Waals surface area contributed by atoms with Crippen molar-refractivity contribution in [3.05, 3.63) is 57.6 Å². The molecule has 1 aromatic carbocycles. The highest BCUT2D eigenvalue weighted by Gasteiger charge is 2.39. The molecule has 29 heavy (non-hydrogen) atoms. The van der Waals surface area contributed by atoms with Crippen LogP contribution in [0.1, 0.15) is 47.4 Å². The van der Waals surface area contributed by atoms with Gasteiger partial charge < -0.3 is 10.3 Å². The minimum atomic E-state index is -4.77. The fraction of sp³-hybridized carbons (Fsp3) is 0.350. The molecule has 1 fully saturated rings. The third kappa shape index (κ3) is 3.41. The van der Waals surface area contributed by atoms with Crippen molar-refractivity contribution in [2.45, 2.75) is 44.8 Å². The number of aromatic amines is 1. The molecule has 0 radical (unpaired) electrons. The largest absolute Gasteiger partial charge is 0.435 e. The second kappa shape index (κ2) is 7.06. The highest BCUT2D eigenvalue weighted by atomic mass is 19.4. The van der Waals surface area contributed by atoms with Crippen LogP contribution in [0, 0.1) is 6.92 Å². The molecule has 0 unspecified atom stereocenters. The first kappa shape index (κ1) is 19.2. The summed E-state index contributed by atoms with van der Waals surface area (Å²) < 4.78 is 41.6. The molecule has 2 aromatic heterocycles. The number of hydrogen-bond donors (Lipinski definition) is 2. The molecule has 0 bridgehead atoms. The molecule has 0 saturated heterocycles. The fourth-order valence-electron chi connectivity index (χ4n) is 3.86. The normalized spacial score (nSPS) is 15.2. The molecule has 9 heteroatoms. The van der Waals surface area contributed by atoms with Gasteiger partial charge in [0.1, 0.15) is 11.2 Å². The lowest BCUT2D eigenvalue weighted by Crippen LogP contribution is -2.38. The summed E-state index contributed by atoms with van der Waals surface area (Å²) in [4.78, 5) is 28.4. The lowest BCUT2D eigenvalue weighted by Gasteiger charge is -2.13. The van der Waals surface area contributed by atoms with Crippen molar-refractivity contribution in [1.29, 1.82) is 0 Å². The molecule has 152 valence electrons. The quantitative estimate of drug-likeness (QED) is 0.699. The molecule has 6 nitrogen and oxygen atoms in total. The van der Waals surface area contributed by atoms with Crippen molar-refractivity contribution in [2.24, 2.45) is 0 Å². The van der Waals surface area contributed by atoms with Crippen LogP contribution < -0.4 is 10.9 Å². The summed E-state index contributed by atoms with van der Waals surface area (Å²) in [6, 6.07) is 7.89. The van der Waals surface area contributed by atoms with Crippen molar-refractivity contribution in [2.75, 3.05) is 0 Å². The van der Waals surface area contributed by atoms with E-state index < -0.39 is 23.3 Å². The number of aryl methyl sites for hydroxylation is 1. The van der Waals surface area contributed by atoms with Crippen molar-refractivity contribution in [1.82, 2.24) is 19.9 Å². The lowest BCUT2D eigenvalue weighted by molar-refractivity contribution is -0.140. The van der Waals surface area contributed by atoms with Gasteiger partial charge in [-0.1, -0.05) is 43.2 Å². The maximum absolute atomic E-state index is 13.7. The van der Waals surface area contributed by atoms with E-state index in [1.54, 1.807) is 18.2 Å². The Hall–Kier alpha value is -3.10. The van der Waals surface area contributed by atoms with E-state index in [4.69, 9.17) is 0 Å². The van der Waals surface area contributed by atoms with Gasteiger partial charge in [0.25, 0.3) is 11.5 Å². The Labute approximate surface area is 163 Å². The molecule has 2 heterocycles. The monoisotopic (exact) mass is 404 g/mol. The van der Waals surface area contributed by atoms with Crippen molar-refractivity contribution < 1.29 is 18.0 Å². The van der Waals surface area contributed by atoms with E-state index in [-0.39, 0.29) is 34.1 Å². The summed E-state index contributed by atoms with van der Waals surface area (Å²) in [5, 5.41) is 6.35. The average molecular weight is 404 g/mol. The summed E-state index contributed by atoms with van der Waals surface area (Å²) in [6.45, 7) is 1.50. The standard InChI is InChI=1S/C20H19F3N4O2/c1-11-14(18(28)25-13-9-5-6-10-13)19(29)27-17(24-11)15(12-7-3-2-4-8-12)16(26-27)20(21,22)23/h2-4,7-8,13,24H,5-6,9-10H2,1H3,(H,25,28). The molecular formula is C20H19F3N4O2. The minimum absolute atomic E-state index is 0.0276. The molecule has 1 aliphatic rings. The van der Waals surface area contributed by atoms with Gasteiger partial charge in [0.15, 0.2) is 5.69 Å². The zero-order chi connectivity index (χ0) is 20.8. The van der Waals surface area contributed by atoms with E-state index in [9.17, 15) is 22.8 Å². The summed E-state index contributed by atoms with van der Waals surface area (Å²) in [7, 11) is 0. The number of nitrogens with zero attached hydrogens (tertiary/aromatic N) is 2. The van der Waals surface area contributed by atoms with Crippen LogP contribution in [0.15, 0.2) is 35.1 Å². The van der Waals surface area contributed by atoms with E-state index in [0.717, 1.165) is 25.7 Å². The Kier molecular flexibility index (Phi) is 4.68. The zero-order valence-electron chi connectivity index (χ0n) is 15.6. The smallest absolute Gasteiger partial charge is 0.349 e. The third-order valence-corrected chi connectivity index (χ3v) is 5.22. The van der Waals surface area contributed by atoms with Crippen LogP contribution in [-0.4, -0.2) is 26.5 Å². The number of carbonyl (C=O) groups is 1. The SMILES string of the molecule is Cc1[nH]c2c(-c3ccccc3)c(C(F)(F)F)nn2c(=O)c1C(=O)NC1CCCC1. The number of benzene rings is 1. The van der Waals surface area contributed by atoms with Crippen LogP contribution in [0.3, 0.4) is 0 Å². The number of fused-ring (bicyclic) bond motifs is 1.